The number of nitrogens with zero attached hydrogens (tertiary/aromatic N) is 3. The lowest BCUT2D eigenvalue weighted by Gasteiger charge is -2.33. The highest BCUT2D eigenvalue weighted by atomic mass is 127. The molecule has 0 aromatic heterocycles. The fourth-order valence-corrected chi connectivity index (χ4v) is 3.70. The molecule has 154 valence electrons. The molecule has 0 spiro atoms. The van der Waals surface area contributed by atoms with Crippen molar-refractivity contribution in [3.8, 4) is 0 Å². The summed E-state index contributed by atoms with van der Waals surface area (Å²) in [6, 6.07) is 0.455. The smallest absolute Gasteiger partial charge is 0.191 e. The lowest BCUT2D eigenvalue weighted by molar-refractivity contribution is 0.120. The molecule has 2 aliphatic rings. The lowest BCUT2D eigenvalue weighted by atomic mass is 9.93. The molecule has 0 aromatic carbocycles. The largest absolute Gasteiger partial charge is 0.393 e. The van der Waals surface area contributed by atoms with Gasteiger partial charge >= 0.3 is 0 Å². The molecule has 0 bridgehead atoms. The van der Waals surface area contributed by atoms with Crippen LogP contribution in [-0.4, -0.2) is 85.4 Å². The minimum atomic E-state index is -0.100. The molecular weight excluding hydrogens is 441 g/mol. The predicted octanol–water partition coefficient (Wildman–Crippen LogP) is 1.88. The monoisotopic (exact) mass is 481 g/mol. The standard InChI is InChI=1S/C19H39N5O.HI/c1-3-20-19(22-17-7-9-18(25)10-8-17)21-11-5-6-12-24-15-13-23(4-2)14-16-24;/h17-18,25H,3-16H2,1-2H3,(H2,20,21,22);1H. The van der Waals surface area contributed by atoms with E-state index in [-0.39, 0.29) is 30.1 Å². The molecule has 0 unspecified atom stereocenters. The fraction of sp³-hybridized carbons (Fsp3) is 0.947. The van der Waals surface area contributed by atoms with Crippen molar-refractivity contribution in [1.82, 2.24) is 20.4 Å². The van der Waals surface area contributed by atoms with Crippen molar-refractivity contribution in [2.45, 2.75) is 64.5 Å². The van der Waals surface area contributed by atoms with E-state index >= 15 is 0 Å². The van der Waals surface area contributed by atoms with Crippen molar-refractivity contribution in [1.29, 1.82) is 0 Å². The molecule has 1 aliphatic heterocycles. The van der Waals surface area contributed by atoms with Crippen LogP contribution in [0.5, 0.6) is 0 Å². The van der Waals surface area contributed by atoms with Gasteiger partial charge in [-0.25, -0.2) is 0 Å². The second-order valence-electron chi connectivity index (χ2n) is 7.39. The van der Waals surface area contributed by atoms with Crippen LogP contribution in [-0.2, 0) is 0 Å². The number of halogens is 1. The number of likely N-dealkylation sites (N-methyl/N-ethyl adjacent to an activating group) is 1. The topological polar surface area (TPSA) is 63.1 Å². The Morgan fingerprint density at radius 3 is 2.27 bits per heavy atom. The van der Waals surface area contributed by atoms with Gasteiger partial charge in [0.1, 0.15) is 0 Å². The van der Waals surface area contributed by atoms with Gasteiger partial charge < -0.3 is 25.5 Å². The molecule has 0 amide bonds. The molecule has 2 fully saturated rings. The zero-order valence-corrected chi connectivity index (χ0v) is 19.1. The maximum absolute atomic E-state index is 9.62. The maximum atomic E-state index is 9.62. The van der Waals surface area contributed by atoms with E-state index in [1.807, 2.05) is 0 Å². The number of nitrogens with one attached hydrogen (secondary N) is 2. The van der Waals surface area contributed by atoms with Crippen molar-refractivity contribution in [3.63, 3.8) is 0 Å². The van der Waals surface area contributed by atoms with E-state index in [1.165, 1.54) is 45.7 Å². The molecule has 7 heteroatoms. The van der Waals surface area contributed by atoms with Crippen LogP contribution in [0.3, 0.4) is 0 Å². The Morgan fingerprint density at radius 1 is 1.00 bits per heavy atom. The Hall–Kier alpha value is -0.120. The van der Waals surface area contributed by atoms with Crippen LogP contribution < -0.4 is 10.6 Å². The molecular formula is C19H40IN5O. The van der Waals surface area contributed by atoms with E-state index < -0.39 is 0 Å². The Bertz CT molecular complexity index is 380. The number of unbranched alkanes of at least 4 members (excludes halogenated alkanes) is 1. The van der Waals surface area contributed by atoms with Gasteiger partial charge in [-0.2, -0.15) is 0 Å². The minimum absolute atomic E-state index is 0. The van der Waals surface area contributed by atoms with Gasteiger partial charge in [-0.05, 0) is 58.5 Å². The SMILES string of the molecule is CCNC(=NCCCCN1CCN(CC)CC1)NC1CCC(O)CC1.I. The van der Waals surface area contributed by atoms with Gasteiger partial charge in [0.2, 0.25) is 0 Å². The van der Waals surface area contributed by atoms with Crippen molar-refractivity contribution >= 4 is 29.9 Å². The van der Waals surface area contributed by atoms with Gasteiger partial charge in [0.25, 0.3) is 0 Å². The van der Waals surface area contributed by atoms with Gasteiger partial charge in [0, 0.05) is 45.3 Å². The molecule has 0 atom stereocenters. The van der Waals surface area contributed by atoms with E-state index in [1.54, 1.807) is 0 Å². The van der Waals surface area contributed by atoms with E-state index in [9.17, 15) is 5.11 Å². The van der Waals surface area contributed by atoms with Gasteiger partial charge in [-0.15, -0.1) is 24.0 Å². The summed E-state index contributed by atoms with van der Waals surface area (Å²) in [5.74, 6) is 0.945. The Kier molecular flexibility index (Phi) is 12.8. The molecule has 3 N–H and O–H groups in total. The number of rotatable bonds is 8. The molecule has 2 rings (SSSR count). The van der Waals surface area contributed by atoms with Gasteiger partial charge in [-0.1, -0.05) is 6.92 Å². The summed E-state index contributed by atoms with van der Waals surface area (Å²) >= 11 is 0. The minimum Gasteiger partial charge on any atom is -0.393 e. The average Bonchev–Trinajstić information content (AvgIpc) is 2.64. The fourth-order valence-electron chi connectivity index (χ4n) is 3.70. The molecule has 1 aliphatic carbocycles. The number of aliphatic imine (C=N–C) groups is 1. The summed E-state index contributed by atoms with van der Waals surface area (Å²) in [6.07, 6.45) is 6.16. The summed E-state index contributed by atoms with van der Waals surface area (Å²) in [4.78, 5) is 9.86. The number of aliphatic hydroxyl groups is 1. The van der Waals surface area contributed by atoms with Crippen LogP contribution in [0.15, 0.2) is 4.99 Å². The lowest BCUT2D eigenvalue weighted by Crippen LogP contribution is -2.46. The van der Waals surface area contributed by atoms with Crippen molar-refractivity contribution in [3.05, 3.63) is 0 Å². The quantitative estimate of drug-likeness (QED) is 0.214. The third-order valence-corrected chi connectivity index (χ3v) is 5.45. The first-order valence-electron chi connectivity index (χ1n) is 10.4. The number of hydrogen-bond donors (Lipinski definition) is 3. The summed E-state index contributed by atoms with van der Waals surface area (Å²) in [5.41, 5.74) is 0. The highest BCUT2D eigenvalue weighted by molar-refractivity contribution is 14.0. The van der Waals surface area contributed by atoms with Crippen molar-refractivity contribution in [2.75, 3.05) is 52.4 Å². The maximum Gasteiger partial charge on any atom is 0.191 e. The molecule has 26 heavy (non-hydrogen) atoms. The third-order valence-electron chi connectivity index (χ3n) is 5.45. The number of piperazine rings is 1. The summed E-state index contributed by atoms with van der Waals surface area (Å²) in [6.45, 7) is 13.4. The number of aliphatic hydroxyl groups excluding tert-OH is 1. The van der Waals surface area contributed by atoms with Crippen LogP contribution in [0, 0.1) is 0 Å². The Morgan fingerprint density at radius 2 is 1.65 bits per heavy atom. The van der Waals surface area contributed by atoms with Gasteiger partial charge in [-0.3, -0.25) is 4.99 Å². The van der Waals surface area contributed by atoms with Gasteiger partial charge in [0.05, 0.1) is 6.10 Å². The molecule has 1 heterocycles. The molecule has 1 saturated carbocycles. The Labute approximate surface area is 177 Å². The summed E-state index contributed by atoms with van der Waals surface area (Å²) < 4.78 is 0. The van der Waals surface area contributed by atoms with Crippen LogP contribution in [0.2, 0.25) is 0 Å². The highest BCUT2D eigenvalue weighted by Crippen LogP contribution is 2.18. The number of guanidine groups is 1. The van der Waals surface area contributed by atoms with Crippen LogP contribution in [0.4, 0.5) is 0 Å². The second-order valence-corrected chi connectivity index (χ2v) is 7.39. The molecule has 0 radical (unpaired) electrons. The molecule has 1 saturated heterocycles. The van der Waals surface area contributed by atoms with E-state index in [0.29, 0.717) is 6.04 Å². The first-order valence-corrected chi connectivity index (χ1v) is 10.4. The van der Waals surface area contributed by atoms with E-state index in [0.717, 1.165) is 51.2 Å². The average molecular weight is 481 g/mol. The third kappa shape index (κ3) is 9.19. The van der Waals surface area contributed by atoms with Crippen molar-refractivity contribution < 1.29 is 5.11 Å². The summed E-state index contributed by atoms with van der Waals surface area (Å²) in [5, 5.41) is 16.5. The zero-order valence-electron chi connectivity index (χ0n) is 16.8. The molecule has 6 nitrogen and oxygen atoms in total. The van der Waals surface area contributed by atoms with Crippen LogP contribution >= 0.6 is 24.0 Å². The zero-order chi connectivity index (χ0) is 17.9. The van der Waals surface area contributed by atoms with E-state index in [4.69, 9.17) is 4.99 Å². The first-order chi connectivity index (χ1) is 12.2. The first kappa shape index (κ1) is 23.9. The molecule has 0 aromatic rings. The predicted molar refractivity (Wildman–Crippen MR) is 121 cm³/mol. The highest BCUT2D eigenvalue weighted by Gasteiger charge is 2.20. The van der Waals surface area contributed by atoms with Gasteiger partial charge in [0.15, 0.2) is 5.96 Å². The van der Waals surface area contributed by atoms with Crippen LogP contribution in [0.1, 0.15) is 52.4 Å². The second kappa shape index (κ2) is 14.0. The summed E-state index contributed by atoms with van der Waals surface area (Å²) in [7, 11) is 0. The van der Waals surface area contributed by atoms with Crippen molar-refractivity contribution in [2.24, 2.45) is 4.99 Å². The van der Waals surface area contributed by atoms with E-state index in [2.05, 4.69) is 34.3 Å². The normalized spacial score (nSPS) is 25.6. The number of hydrogen-bond acceptors (Lipinski definition) is 4. The Balaban J connectivity index is 0.00000338. The van der Waals surface area contributed by atoms with Crippen LogP contribution in [0.25, 0.3) is 0 Å².